The number of carbonyl (C=O) groups is 1. The summed E-state index contributed by atoms with van der Waals surface area (Å²) in [6, 6.07) is 13.8. The summed E-state index contributed by atoms with van der Waals surface area (Å²) in [7, 11) is 0. The van der Waals surface area contributed by atoms with E-state index in [1.165, 1.54) is 48.7 Å². The molecule has 216 valence electrons. The second kappa shape index (κ2) is 12.1. The number of benzene rings is 3. The lowest BCUT2D eigenvalue weighted by Gasteiger charge is -2.16. The molecule has 0 saturated heterocycles. The number of rotatable bonds is 10. The van der Waals surface area contributed by atoms with Gasteiger partial charge < -0.3 is 32.5 Å². The second-order valence-electron chi connectivity index (χ2n) is 9.09. The molecular weight excluding hydrogens is 544 g/mol. The van der Waals surface area contributed by atoms with Crippen molar-refractivity contribution in [3.05, 3.63) is 92.6 Å². The molecule has 0 aliphatic rings. The monoisotopic (exact) mass is 572 g/mol. The molecule has 3 aromatic carbocycles. The lowest BCUT2D eigenvalue weighted by Crippen LogP contribution is -2.11. The van der Waals surface area contributed by atoms with Crippen LogP contribution in [0.2, 0.25) is 0 Å². The van der Waals surface area contributed by atoms with E-state index in [1.54, 1.807) is 19.1 Å². The van der Waals surface area contributed by atoms with E-state index in [9.17, 15) is 14.4 Å². The predicted molar refractivity (Wildman–Crippen MR) is 155 cm³/mol. The number of carbonyl (C=O) groups excluding carboxylic acids is 1. The minimum atomic E-state index is -0.667. The normalized spacial score (nSPS) is 11.0. The van der Waals surface area contributed by atoms with E-state index in [-0.39, 0.29) is 28.0 Å². The summed E-state index contributed by atoms with van der Waals surface area (Å²) in [6.07, 6.45) is 1.17. The van der Waals surface area contributed by atoms with Gasteiger partial charge in [-0.05, 0) is 69.7 Å². The number of esters is 1. The van der Waals surface area contributed by atoms with Crippen LogP contribution in [-0.4, -0.2) is 25.8 Å². The summed E-state index contributed by atoms with van der Waals surface area (Å²) in [5, 5.41) is 0.969. The van der Waals surface area contributed by atoms with Crippen LogP contribution in [0.5, 0.6) is 34.5 Å². The Kier molecular flexibility index (Phi) is 8.14. The van der Waals surface area contributed by atoms with Crippen LogP contribution in [0, 0.1) is 6.92 Å². The fourth-order valence-corrected chi connectivity index (χ4v) is 4.39. The van der Waals surface area contributed by atoms with E-state index >= 15 is 0 Å². The first-order chi connectivity index (χ1) is 20.3. The fourth-order valence-electron chi connectivity index (χ4n) is 4.39. The van der Waals surface area contributed by atoms with Crippen LogP contribution in [0.1, 0.15) is 36.7 Å². The molecule has 0 unspecified atom stereocenters. The second-order valence-corrected chi connectivity index (χ2v) is 9.09. The predicted octanol–water partition coefficient (Wildman–Crippen LogP) is 6.42. The quantitative estimate of drug-likeness (QED) is 0.105. The van der Waals surface area contributed by atoms with E-state index in [2.05, 4.69) is 0 Å². The van der Waals surface area contributed by atoms with Crippen LogP contribution >= 0.6 is 0 Å². The van der Waals surface area contributed by atoms with Crippen molar-refractivity contribution in [3.63, 3.8) is 0 Å². The highest BCUT2D eigenvalue weighted by molar-refractivity contribution is 5.93. The molecule has 0 atom stereocenters. The Labute approximate surface area is 239 Å². The molecule has 5 aromatic rings. The summed E-state index contributed by atoms with van der Waals surface area (Å²) < 4.78 is 39.3. The van der Waals surface area contributed by atoms with Crippen LogP contribution in [0.25, 0.3) is 21.9 Å². The third-order valence-corrected chi connectivity index (χ3v) is 6.22. The van der Waals surface area contributed by atoms with Gasteiger partial charge in [0.25, 0.3) is 0 Å². The SMILES string of the molecule is CCOc1cc(C(=O)Oc2ccc3c(=O)c(Oc4ccc5c(C)cc(=O)oc5c4)coc3c2)cc(OCC)c1OCC. The van der Waals surface area contributed by atoms with Gasteiger partial charge in [0.05, 0.1) is 30.8 Å². The number of hydrogen-bond acceptors (Lipinski definition) is 10. The maximum Gasteiger partial charge on any atom is 0.343 e. The molecule has 0 N–H and O–H groups in total. The highest BCUT2D eigenvalue weighted by atomic mass is 16.5. The molecule has 0 saturated carbocycles. The van der Waals surface area contributed by atoms with Crippen molar-refractivity contribution < 1.29 is 37.3 Å². The Morgan fingerprint density at radius 1 is 0.738 bits per heavy atom. The molecule has 0 radical (unpaired) electrons. The van der Waals surface area contributed by atoms with E-state index in [0.29, 0.717) is 48.4 Å². The van der Waals surface area contributed by atoms with Gasteiger partial charge in [0.15, 0.2) is 11.5 Å². The highest BCUT2D eigenvalue weighted by Crippen LogP contribution is 2.39. The Bertz CT molecular complexity index is 1870. The zero-order chi connectivity index (χ0) is 29.8. The third kappa shape index (κ3) is 5.78. The number of hydrogen-bond donors (Lipinski definition) is 0. The van der Waals surface area contributed by atoms with Crippen molar-refractivity contribution in [1.29, 1.82) is 0 Å². The van der Waals surface area contributed by atoms with Crippen LogP contribution in [0.4, 0.5) is 0 Å². The van der Waals surface area contributed by atoms with Crippen molar-refractivity contribution in [2.24, 2.45) is 0 Å². The molecule has 0 fully saturated rings. The molecule has 5 rings (SSSR count). The van der Waals surface area contributed by atoms with Gasteiger partial charge >= 0.3 is 11.6 Å². The molecule has 0 aliphatic carbocycles. The maximum atomic E-state index is 13.1. The van der Waals surface area contributed by atoms with Crippen LogP contribution < -0.4 is 34.7 Å². The molecule has 0 bridgehead atoms. The molecule has 0 aliphatic heterocycles. The zero-order valence-corrected chi connectivity index (χ0v) is 23.5. The Hall–Kier alpha value is -5.25. The van der Waals surface area contributed by atoms with Crippen molar-refractivity contribution in [3.8, 4) is 34.5 Å². The van der Waals surface area contributed by atoms with Gasteiger partial charge in [0.2, 0.25) is 16.9 Å². The molecule has 2 heterocycles. The summed E-state index contributed by atoms with van der Waals surface area (Å²) >= 11 is 0. The highest BCUT2D eigenvalue weighted by Gasteiger charge is 2.20. The van der Waals surface area contributed by atoms with Crippen molar-refractivity contribution in [2.75, 3.05) is 19.8 Å². The third-order valence-electron chi connectivity index (χ3n) is 6.22. The van der Waals surface area contributed by atoms with Gasteiger partial charge in [-0.25, -0.2) is 9.59 Å². The van der Waals surface area contributed by atoms with Gasteiger partial charge in [-0.1, -0.05) is 0 Å². The minimum Gasteiger partial charge on any atom is -0.490 e. The fraction of sp³-hybridized carbons (Fsp3) is 0.219. The van der Waals surface area contributed by atoms with Crippen LogP contribution in [-0.2, 0) is 0 Å². The van der Waals surface area contributed by atoms with E-state index in [0.717, 1.165) is 10.9 Å². The van der Waals surface area contributed by atoms with Crippen LogP contribution in [0.15, 0.2) is 79.3 Å². The lowest BCUT2D eigenvalue weighted by molar-refractivity contribution is 0.0733. The van der Waals surface area contributed by atoms with Crippen molar-refractivity contribution in [1.82, 2.24) is 0 Å². The standard InChI is InChI=1S/C32H28O10/c1-5-36-26-13-19(14-27(37-6-2)31(26)38-7-3)32(35)41-21-9-11-23-24(15-21)39-17-28(30(23)34)40-20-8-10-22-18(4)12-29(33)42-25(22)16-20/h8-17H,5-7H2,1-4H3. The topological polar surface area (TPSA) is 124 Å². The van der Waals surface area contributed by atoms with Gasteiger partial charge in [-0.15, -0.1) is 0 Å². The average Bonchev–Trinajstić information content (AvgIpc) is 2.96. The maximum absolute atomic E-state index is 13.1. The molecule has 0 spiro atoms. The summed E-state index contributed by atoms with van der Waals surface area (Å²) in [5.74, 6) is 0.848. The molecule has 42 heavy (non-hydrogen) atoms. The van der Waals surface area contributed by atoms with E-state index in [4.69, 9.17) is 32.5 Å². The van der Waals surface area contributed by atoms with E-state index < -0.39 is 17.0 Å². The van der Waals surface area contributed by atoms with Crippen LogP contribution in [0.3, 0.4) is 0 Å². The first kappa shape index (κ1) is 28.3. The summed E-state index contributed by atoms with van der Waals surface area (Å²) in [6.45, 7) is 8.39. The van der Waals surface area contributed by atoms with Gasteiger partial charge in [0.1, 0.15) is 28.9 Å². The summed E-state index contributed by atoms with van der Waals surface area (Å²) in [5.41, 5.74) is 0.566. The van der Waals surface area contributed by atoms with Gasteiger partial charge in [-0.2, -0.15) is 0 Å². The number of ether oxygens (including phenoxy) is 5. The first-order valence-corrected chi connectivity index (χ1v) is 13.4. The van der Waals surface area contributed by atoms with Crippen molar-refractivity contribution in [2.45, 2.75) is 27.7 Å². The molecular formula is C32H28O10. The van der Waals surface area contributed by atoms with Gasteiger partial charge in [-0.3, -0.25) is 4.79 Å². The van der Waals surface area contributed by atoms with E-state index in [1.807, 2.05) is 20.8 Å². The molecule has 0 amide bonds. The Morgan fingerprint density at radius 2 is 1.38 bits per heavy atom. The molecule has 10 nitrogen and oxygen atoms in total. The lowest BCUT2D eigenvalue weighted by atomic mass is 10.1. The molecule has 2 aromatic heterocycles. The Balaban J connectivity index is 1.40. The minimum absolute atomic E-state index is 0.0668. The Morgan fingerprint density at radius 3 is 2.07 bits per heavy atom. The summed E-state index contributed by atoms with van der Waals surface area (Å²) in [4.78, 5) is 38.0. The largest absolute Gasteiger partial charge is 0.490 e. The molecule has 10 heteroatoms. The first-order valence-electron chi connectivity index (χ1n) is 13.4. The number of aryl methyl sites for hydroxylation is 1. The van der Waals surface area contributed by atoms with Crippen molar-refractivity contribution >= 4 is 27.9 Å². The number of fused-ring (bicyclic) bond motifs is 2. The smallest absolute Gasteiger partial charge is 0.343 e. The zero-order valence-electron chi connectivity index (χ0n) is 23.5. The average molecular weight is 573 g/mol. The van der Waals surface area contributed by atoms with Gasteiger partial charge in [0, 0.05) is 23.6 Å².